The first-order valence-electron chi connectivity index (χ1n) is 7.81. The summed E-state index contributed by atoms with van der Waals surface area (Å²) in [5, 5.41) is 15.6. The number of aromatic amines is 1. The maximum absolute atomic E-state index is 11.9. The van der Waals surface area contributed by atoms with Crippen molar-refractivity contribution in [3.63, 3.8) is 0 Å². The molecule has 4 rings (SSSR count). The maximum atomic E-state index is 11.9. The minimum atomic E-state index is -0.315. The second kappa shape index (κ2) is 5.97. The summed E-state index contributed by atoms with van der Waals surface area (Å²) < 4.78 is 4.83. The Bertz CT molecular complexity index is 982. The number of nitrogens with zero attached hydrogens (tertiary/aromatic N) is 3. The number of benzene rings is 1. The fourth-order valence-electron chi connectivity index (χ4n) is 3.31. The summed E-state index contributed by atoms with van der Waals surface area (Å²) in [6.07, 6.45) is 1.98. The topological polar surface area (TPSA) is 109 Å². The summed E-state index contributed by atoms with van der Waals surface area (Å²) in [5.41, 5.74) is 4.57. The fraction of sp³-hybridized carbons (Fsp3) is 0.235. The molecule has 0 bridgehead atoms. The Balaban J connectivity index is 2.02. The molecule has 0 saturated heterocycles. The van der Waals surface area contributed by atoms with Crippen molar-refractivity contribution in [2.24, 2.45) is 5.18 Å². The first-order valence-corrected chi connectivity index (χ1v) is 7.81. The average molecular weight is 337 g/mol. The molecule has 1 aliphatic rings. The van der Waals surface area contributed by atoms with Gasteiger partial charge in [0.2, 0.25) is 0 Å². The number of anilines is 1. The van der Waals surface area contributed by atoms with Gasteiger partial charge in [0.05, 0.1) is 25.3 Å². The van der Waals surface area contributed by atoms with E-state index in [1.807, 2.05) is 30.5 Å². The van der Waals surface area contributed by atoms with Crippen LogP contribution in [0.1, 0.15) is 23.7 Å². The van der Waals surface area contributed by atoms with Crippen LogP contribution >= 0.6 is 0 Å². The molecule has 126 valence electrons. The first kappa shape index (κ1) is 15.3. The number of para-hydroxylation sites is 1. The number of hydrogen-bond acceptors (Lipinski definition) is 7. The number of rotatable bonds is 4. The molecule has 25 heavy (non-hydrogen) atoms. The fourth-order valence-corrected chi connectivity index (χ4v) is 3.31. The van der Waals surface area contributed by atoms with Gasteiger partial charge in [0, 0.05) is 34.0 Å². The van der Waals surface area contributed by atoms with Crippen LogP contribution in [-0.4, -0.2) is 28.3 Å². The summed E-state index contributed by atoms with van der Waals surface area (Å²) >= 11 is 0. The number of esters is 1. The quantitative estimate of drug-likeness (QED) is 0.559. The van der Waals surface area contributed by atoms with Crippen LogP contribution in [0.15, 0.2) is 35.6 Å². The van der Waals surface area contributed by atoms with Crippen LogP contribution in [-0.2, 0) is 16.1 Å². The van der Waals surface area contributed by atoms with Crippen molar-refractivity contribution < 1.29 is 9.53 Å². The van der Waals surface area contributed by atoms with Gasteiger partial charge in [-0.15, -0.1) is 5.10 Å². The third-order valence-electron chi connectivity index (χ3n) is 4.41. The number of nitrogens with one attached hydrogen (secondary N) is 2. The summed E-state index contributed by atoms with van der Waals surface area (Å²) in [6, 6.07) is 7.42. The highest BCUT2D eigenvalue weighted by Gasteiger charge is 2.29. The van der Waals surface area contributed by atoms with Crippen LogP contribution in [0.4, 0.5) is 5.69 Å². The van der Waals surface area contributed by atoms with Crippen LogP contribution in [0.3, 0.4) is 0 Å². The van der Waals surface area contributed by atoms with Gasteiger partial charge < -0.3 is 15.0 Å². The van der Waals surface area contributed by atoms with Gasteiger partial charge in [-0.3, -0.25) is 4.79 Å². The molecule has 8 nitrogen and oxygen atoms in total. The summed E-state index contributed by atoms with van der Waals surface area (Å²) in [7, 11) is 1.37. The second-order valence-corrected chi connectivity index (χ2v) is 5.80. The predicted octanol–water partition coefficient (Wildman–Crippen LogP) is 2.92. The zero-order valence-corrected chi connectivity index (χ0v) is 13.4. The number of ether oxygens (including phenoxy) is 1. The van der Waals surface area contributed by atoms with Gasteiger partial charge in [0.15, 0.2) is 5.65 Å². The molecule has 1 atom stereocenters. The molecule has 3 aromatic rings. The van der Waals surface area contributed by atoms with Crippen molar-refractivity contribution in [3.8, 4) is 11.1 Å². The Kier molecular flexibility index (Phi) is 3.64. The molecule has 1 aliphatic heterocycles. The first-order chi connectivity index (χ1) is 12.2. The van der Waals surface area contributed by atoms with Gasteiger partial charge in [-0.1, -0.05) is 23.4 Å². The standard InChI is InChI=1S/C17H15N5O3/c1-25-14(23)6-12-10-7-18-17-16(10)15(13(8-19-24)21-22-17)9-4-2-3-5-11(9)20-12/h2-5,7,12,20H,6,8H2,1H3,(H,18,22). The Morgan fingerprint density at radius 1 is 1.32 bits per heavy atom. The van der Waals surface area contributed by atoms with Crippen molar-refractivity contribution in [2.45, 2.75) is 19.0 Å². The molecule has 1 unspecified atom stereocenters. The highest BCUT2D eigenvalue weighted by Crippen LogP contribution is 2.43. The summed E-state index contributed by atoms with van der Waals surface area (Å²) in [4.78, 5) is 25.8. The lowest BCUT2D eigenvalue weighted by molar-refractivity contribution is -0.140. The number of hydrogen-bond donors (Lipinski definition) is 2. The van der Waals surface area contributed by atoms with E-state index in [1.54, 1.807) is 0 Å². The molecule has 8 heteroatoms. The number of aromatic nitrogens is 3. The summed E-state index contributed by atoms with van der Waals surface area (Å²) in [5.74, 6) is -0.315. The average Bonchev–Trinajstić information content (AvgIpc) is 3.00. The number of fused-ring (bicyclic) bond motifs is 2. The van der Waals surface area contributed by atoms with Crippen LogP contribution in [0, 0.1) is 4.91 Å². The molecule has 0 saturated carbocycles. The van der Waals surface area contributed by atoms with E-state index in [-0.39, 0.29) is 25.0 Å². The van der Waals surface area contributed by atoms with Crippen molar-refractivity contribution in [2.75, 3.05) is 12.4 Å². The Morgan fingerprint density at radius 3 is 2.96 bits per heavy atom. The van der Waals surface area contributed by atoms with Crippen LogP contribution < -0.4 is 5.32 Å². The smallest absolute Gasteiger partial charge is 0.307 e. The zero-order valence-electron chi connectivity index (χ0n) is 13.4. The predicted molar refractivity (Wildman–Crippen MR) is 91.8 cm³/mol. The van der Waals surface area contributed by atoms with Crippen LogP contribution in [0.25, 0.3) is 22.2 Å². The third-order valence-corrected chi connectivity index (χ3v) is 4.41. The number of carbonyl (C=O) groups is 1. The molecule has 0 fully saturated rings. The van der Waals surface area contributed by atoms with Gasteiger partial charge >= 0.3 is 5.97 Å². The van der Waals surface area contributed by atoms with Gasteiger partial charge in [0.1, 0.15) is 6.54 Å². The molecule has 2 N–H and O–H groups in total. The van der Waals surface area contributed by atoms with Crippen LogP contribution in [0.5, 0.6) is 0 Å². The lowest BCUT2D eigenvalue weighted by atomic mass is 9.97. The largest absolute Gasteiger partial charge is 0.469 e. The molecular formula is C17H15N5O3. The van der Waals surface area contributed by atoms with E-state index in [1.165, 1.54) is 7.11 Å². The van der Waals surface area contributed by atoms with E-state index in [2.05, 4.69) is 25.7 Å². The molecular weight excluding hydrogens is 322 g/mol. The Labute approximate surface area is 142 Å². The minimum absolute atomic E-state index is 0.0705. The lowest BCUT2D eigenvalue weighted by Gasteiger charge is -2.17. The van der Waals surface area contributed by atoms with E-state index in [0.717, 1.165) is 27.8 Å². The Morgan fingerprint density at radius 2 is 2.16 bits per heavy atom. The zero-order chi connectivity index (χ0) is 17.4. The number of carbonyl (C=O) groups excluding carboxylic acids is 1. The molecule has 1 aromatic carbocycles. The normalized spacial score (nSPS) is 15.2. The molecule has 2 aromatic heterocycles. The minimum Gasteiger partial charge on any atom is -0.469 e. The van der Waals surface area contributed by atoms with Gasteiger partial charge in [0.25, 0.3) is 0 Å². The lowest BCUT2D eigenvalue weighted by Crippen LogP contribution is -2.15. The van der Waals surface area contributed by atoms with Crippen molar-refractivity contribution in [1.82, 2.24) is 15.2 Å². The highest BCUT2D eigenvalue weighted by atomic mass is 16.5. The molecule has 0 radical (unpaired) electrons. The second-order valence-electron chi connectivity index (χ2n) is 5.80. The SMILES string of the molecule is COC(=O)CC1Nc2ccccc2-c2c(CN=O)nnc3[nH]cc1c23. The third kappa shape index (κ3) is 2.42. The molecule has 0 spiro atoms. The van der Waals surface area contributed by atoms with E-state index < -0.39 is 0 Å². The number of nitroso groups, excluding NO2 is 1. The van der Waals surface area contributed by atoms with Crippen molar-refractivity contribution in [1.29, 1.82) is 0 Å². The highest BCUT2D eigenvalue weighted by molar-refractivity contribution is 6.01. The number of methoxy groups -OCH3 is 1. The molecule has 0 amide bonds. The summed E-state index contributed by atoms with van der Waals surface area (Å²) in [6.45, 7) is -0.0705. The van der Waals surface area contributed by atoms with E-state index in [9.17, 15) is 9.70 Å². The van der Waals surface area contributed by atoms with Crippen molar-refractivity contribution in [3.05, 3.63) is 46.6 Å². The molecule has 0 aliphatic carbocycles. The van der Waals surface area contributed by atoms with Crippen LogP contribution in [0.2, 0.25) is 0 Å². The monoisotopic (exact) mass is 337 g/mol. The number of H-pyrrole nitrogens is 1. The van der Waals surface area contributed by atoms with E-state index in [0.29, 0.717) is 11.3 Å². The van der Waals surface area contributed by atoms with E-state index >= 15 is 0 Å². The maximum Gasteiger partial charge on any atom is 0.307 e. The van der Waals surface area contributed by atoms with Gasteiger partial charge in [-0.2, -0.15) is 10.0 Å². The molecule has 3 heterocycles. The Hall–Kier alpha value is -3.29. The van der Waals surface area contributed by atoms with Gasteiger partial charge in [-0.05, 0) is 6.07 Å². The van der Waals surface area contributed by atoms with Gasteiger partial charge in [-0.25, -0.2) is 0 Å². The van der Waals surface area contributed by atoms with Crippen molar-refractivity contribution >= 4 is 22.7 Å². The van der Waals surface area contributed by atoms with E-state index in [4.69, 9.17) is 4.74 Å².